The number of aryl methyl sites for hydroxylation is 1. The van der Waals surface area contributed by atoms with Crippen molar-refractivity contribution in [2.45, 2.75) is 19.0 Å². The molecule has 1 N–H and O–H groups in total. The molecule has 1 fully saturated rings. The van der Waals surface area contributed by atoms with E-state index in [9.17, 15) is 9.18 Å². The predicted octanol–water partition coefficient (Wildman–Crippen LogP) is 2.52. The molecule has 1 amide bonds. The van der Waals surface area contributed by atoms with Crippen LogP contribution in [0.15, 0.2) is 30.6 Å². The van der Waals surface area contributed by atoms with E-state index in [1.807, 2.05) is 20.3 Å². The standard InChI is InChI=1S/C17H20ClFN4O/c1-22-10-12(8-21-22)17-11(6-16(24)23(17)2)7-20-9-13-14(18)4-3-5-15(13)19/h3-5,8,10-11,17,20H,6-7,9H2,1-2H3/t11-,17+/m0/s1. The van der Waals surface area contributed by atoms with Gasteiger partial charge in [-0.15, -0.1) is 0 Å². The maximum atomic E-state index is 13.8. The van der Waals surface area contributed by atoms with Gasteiger partial charge in [0, 0.05) is 61.9 Å². The molecule has 7 heteroatoms. The molecule has 128 valence electrons. The van der Waals surface area contributed by atoms with Crippen molar-refractivity contribution >= 4 is 17.5 Å². The summed E-state index contributed by atoms with van der Waals surface area (Å²) in [6, 6.07) is 4.64. The topological polar surface area (TPSA) is 50.2 Å². The predicted molar refractivity (Wildman–Crippen MR) is 89.9 cm³/mol. The van der Waals surface area contributed by atoms with Crippen LogP contribution >= 0.6 is 11.6 Å². The zero-order chi connectivity index (χ0) is 17.3. The number of amides is 1. The van der Waals surface area contributed by atoms with Crippen LogP contribution in [0.3, 0.4) is 0 Å². The first kappa shape index (κ1) is 16.9. The first-order chi connectivity index (χ1) is 11.5. The highest BCUT2D eigenvalue weighted by molar-refractivity contribution is 6.31. The summed E-state index contributed by atoms with van der Waals surface area (Å²) < 4.78 is 15.6. The van der Waals surface area contributed by atoms with Gasteiger partial charge in [-0.05, 0) is 12.1 Å². The Morgan fingerprint density at radius 1 is 1.42 bits per heavy atom. The lowest BCUT2D eigenvalue weighted by Crippen LogP contribution is -2.29. The van der Waals surface area contributed by atoms with Gasteiger partial charge in [-0.1, -0.05) is 17.7 Å². The molecule has 0 saturated carbocycles. The molecule has 0 unspecified atom stereocenters. The van der Waals surface area contributed by atoms with E-state index in [0.29, 0.717) is 30.1 Å². The van der Waals surface area contributed by atoms with Gasteiger partial charge in [0.15, 0.2) is 0 Å². The van der Waals surface area contributed by atoms with Crippen LogP contribution in [0, 0.1) is 11.7 Å². The normalized spacial score (nSPS) is 20.8. The number of benzene rings is 1. The second-order valence-corrected chi connectivity index (χ2v) is 6.60. The van der Waals surface area contributed by atoms with Gasteiger partial charge in [-0.3, -0.25) is 9.48 Å². The molecule has 2 heterocycles. The number of halogens is 2. The van der Waals surface area contributed by atoms with Crippen molar-refractivity contribution in [1.82, 2.24) is 20.0 Å². The van der Waals surface area contributed by atoms with Crippen molar-refractivity contribution in [2.75, 3.05) is 13.6 Å². The third-order valence-electron chi connectivity index (χ3n) is 4.53. The van der Waals surface area contributed by atoms with Crippen molar-refractivity contribution < 1.29 is 9.18 Å². The van der Waals surface area contributed by atoms with Gasteiger partial charge in [0.2, 0.25) is 5.91 Å². The Labute approximate surface area is 145 Å². The molecule has 1 aliphatic rings. The third-order valence-corrected chi connectivity index (χ3v) is 4.88. The van der Waals surface area contributed by atoms with Gasteiger partial charge in [-0.25, -0.2) is 4.39 Å². The van der Waals surface area contributed by atoms with Gasteiger partial charge >= 0.3 is 0 Å². The summed E-state index contributed by atoms with van der Waals surface area (Å²) in [5.41, 5.74) is 1.47. The molecule has 5 nitrogen and oxygen atoms in total. The minimum atomic E-state index is -0.321. The molecule has 2 aromatic rings. The van der Waals surface area contributed by atoms with E-state index in [2.05, 4.69) is 10.4 Å². The summed E-state index contributed by atoms with van der Waals surface area (Å²) in [5.74, 6) is -0.102. The highest BCUT2D eigenvalue weighted by atomic mass is 35.5. The van der Waals surface area contributed by atoms with Crippen molar-refractivity contribution in [3.63, 3.8) is 0 Å². The van der Waals surface area contributed by atoms with Gasteiger partial charge in [0.05, 0.1) is 12.2 Å². The second-order valence-electron chi connectivity index (χ2n) is 6.19. The molecule has 0 aliphatic carbocycles. The number of hydrogen-bond acceptors (Lipinski definition) is 3. The molecule has 3 rings (SSSR count). The zero-order valence-electron chi connectivity index (χ0n) is 13.7. The largest absolute Gasteiger partial charge is 0.338 e. The number of aromatic nitrogens is 2. The highest BCUT2D eigenvalue weighted by Crippen LogP contribution is 2.36. The lowest BCUT2D eigenvalue weighted by atomic mass is 9.95. The van der Waals surface area contributed by atoms with Gasteiger partial charge < -0.3 is 10.2 Å². The minimum absolute atomic E-state index is 0.0187. The van der Waals surface area contributed by atoms with Gasteiger partial charge in [-0.2, -0.15) is 5.10 Å². The molecular formula is C17H20ClFN4O. The molecule has 0 spiro atoms. The fourth-order valence-corrected chi connectivity index (χ4v) is 3.54. The summed E-state index contributed by atoms with van der Waals surface area (Å²) in [4.78, 5) is 13.9. The van der Waals surface area contributed by atoms with Crippen molar-refractivity contribution in [3.8, 4) is 0 Å². The van der Waals surface area contributed by atoms with Crippen LogP contribution in [0.4, 0.5) is 4.39 Å². The summed E-state index contributed by atoms with van der Waals surface area (Å²) >= 11 is 6.05. The Morgan fingerprint density at radius 2 is 2.21 bits per heavy atom. The number of hydrogen-bond donors (Lipinski definition) is 1. The molecule has 0 bridgehead atoms. The van der Waals surface area contributed by atoms with E-state index in [0.717, 1.165) is 5.56 Å². The van der Waals surface area contributed by atoms with E-state index >= 15 is 0 Å². The summed E-state index contributed by atoms with van der Waals surface area (Å²) in [7, 11) is 3.67. The fourth-order valence-electron chi connectivity index (χ4n) is 3.31. The number of nitrogens with one attached hydrogen (secondary N) is 1. The van der Waals surface area contributed by atoms with Crippen LogP contribution < -0.4 is 5.32 Å². The van der Waals surface area contributed by atoms with Crippen molar-refractivity contribution in [2.24, 2.45) is 13.0 Å². The van der Waals surface area contributed by atoms with Crippen LogP contribution in [0.1, 0.15) is 23.6 Å². The Hall–Kier alpha value is -1.92. The molecule has 1 aliphatic heterocycles. The monoisotopic (exact) mass is 350 g/mol. The Balaban J connectivity index is 1.68. The maximum absolute atomic E-state index is 13.8. The lowest BCUT2D eigenvalue weighted by molar-refractivity contribution is -0.127. The van der Waals surface area contributed by atoms with Gasteiger partial charge in [0.1, 0.15) is 5.82 Å². The third kappa shape index (κ3) is 3.30. The number of carbonyl (C=O) groups is 1. The Morgan fingerprint density at radius 3 is 2.88 bits per heavy atom. The Bertz CT molecular complexity index is 728. The number of likely N-dealkylation sites (tertiary alicyclic amines) is 1. The second kappa shape index (κ2) is 6.91. The van der Waals surface area contributed by atoms with E-state index < -0.39 is 0 Å². The first-order valence-corrected chi connectivity index (χ1v) is 8.23. The first-order valence-electron chi connectivity index (χ1n) is 7.85. The summed E-state index contributed by atoms with van der Waals surface area (Å²) in [5, 5.41) is 7.85. The van der Waals surface area contributed by atoms with Gasteiger partial charge in [0.25, 0.3) is 0 Å². The average molecular weight is 351 g/mol. The Kier molecular flexibility index (Phi) is 4.87. The zero-order valence-corrected chi connectivity index (χ0v) is 14.4. The number of rotatable bonds is 5. The summed E-state index contributed by atoms with van der Waals surface area (Å²) in [6.45, 7) is 0.931. The lowest BCUT2D eigenvalue weighted by Gasteiger charge is -2.24. The molecule has 1 saturated heterocycles. The van der Waals surface area contributed by atoms with E-state index in [-0.39, 0.29) is 23.7 Å². The average Bonchev–Trinajstić information content (AvgIpc) is 3.06. The molecule has 0 radical (unpaired) electrons. The van der Waals surface area contributed by atoms with E-state index in [4.69, 9.17) is 11.6 Å². The molecule has 1 aromatic heterocycles. The molecule has 1 aromatic carbocycles. The number of carbonyl (C=O) groups excluding carboxylic acids is 1. The quantitative estimate of drug-likeness (QED) is 0.901. The van der Waals surface area contributed by atoms with Crippen LogP contribution in [-0.2, 0) is 18.4 Å². The molecular weight excluding hydrogens is 331 g/mol. The maximum Gasteiger partial charge on any atom is 0.223 e. The fraction of sp³-hybridized carbons (Fsp3) is 0.412. The van der Waals surface area contributed by atoms with E-state index in [1.54, 1.807) is 27.9 Å². The number of nitrogens with zero attached hydrogens (tertiary/aromatic N) is 3. The minimum Gasteiger partial charge on any atom is -0.338 e. The van der Waals surface area contributed by atoms with Crippen LogP contribution in [0.2, 0.25) is 5.02 Å². The smallest absolute Gasteiger partial charge is 0.223 e. The molecule has 2 atom stereocenters. The summed E-state index contributed by atoms with van der Waals surface area (Å²) in [6.07, 6.45) is 4.19. The van der Waals surface area contributed by atoms with Crippen LogP contribution in [0.25, 0.3) is 0 Å². The SMILES string of the molecule is CN1C(=O)C[C@@H](CNCc2c(F)cccc2Cl)[C@@H]1c1cnn(C)c1. The van der Waals surface area contributed by atoms with E-state index in [1.165, 1.54) is 6.07 Å². The highest BCUT2D eigenvalue weighted by Gasteiger charge is 2.38. The molecule has 24 heavy (non-hydrogen) atoms. The van der Waals surface area contributed by atoms with Crippen LogP contribution in [0.5, 0.6) is 0 Å². The van der Waals surface area contributed by atoms with Crippen LogP contribution in [-0.4, -0.2) is 34.2 Å². The van der Waals surface area contributed by atoms with Crippen molar-refractivity contribution in [3.05, 3.63) is 52.6 Å². The van der Waals surface area contributed by atoms with Crippen molar-refractivity contribution in [1.29, 1.82) is 0 Å².